The molecular formula is C28H38F2O. The second-order valence-electron chi connectivity index (χ2n) is 10.2. The lowest BCUT2D eigenvalue weighted by atomic mass is 9.61. The van der Waals surface area contributed by atoms with Crippen LogP contribution in [0.2, 0.25) is 0 Å². The molecule has 3 fully saturated rings. The molecule has 31 heavy (non-hydrogen) atoms. The fraction of sp³-hybridized carbons (Fsp3) is 0.643. The van der Waals surface area contributed by atoms with Crippen molar-refractivity contribution in [1.29, 1.82) is 0 Å². The third-order valence-corrected chi connectivity index (χ3v) is 8.52. The molecule has 1 aromatic rings. The predicted octanol–water partition coefficient (Wildman–Crippen LogP) is 8.21. The molecule has 0 saturated heterocycles. The Morgan fingerprint density at radius 3 is 2.10 bits per heavy atom. The molecule has 1 aromatic carbocycles. The summed E-state index contributed by atoms with van der Waals surface area (Å²) in [5.74, 6) is 3.11. The summed E-state index contributed by atoms with van der Waals surface area (Å²) in [6, 6.07) is 3.00. The highest BCUT2D eigenvalue weighted by Gasteiger charge is 2.38. The second kappa shape index (κ2) is 10.3. The first kappa shape index (κ1) is 22.6. The van der Waals surface area contributed by atoms with Crippen LogP contribution in [-0.2, 0) is 0 Å². The lowest BCUT2D eigenvalue weighted by Gasteiger charge is -2.45. The third kappa shape index (κ3) is 5.23. The van der Waals surface area contributed by atoms with Gasteiger partial charge in [0.2, 0.25) is 0 Å². The lowest BCUT2D eigenvalue weighted by molar-refractivity contribution is 0.0719. The van der Waals surface area contributed by atoms with Crippen LogP contribution >= 0.6 is 0 Å². The number of benzene rings is 1. The average Bonchev–Trinajstić information content (AvgIpc) is 2.80. The molecule has 3 saturated carbocycles. The summed E-state index contributed by atoms with van der Waals surface area (Å²) in [7, 11) is 0. The van der Waals surface area contributed by atoms with Gasteiger partial charge in [-0.05, 0) is 124 Å². The number of halogens is 2. The number of hydrogen-bond acceptors (Lipinski definition) is 1. The normalized spacial score (nSPS) is 33.8. The molecule has 0 aliphatic heterocycles. The van der Waals surface area contributed by atoms with Gasteiger partial charge in [-0.3, -0.25) is 0 Å². The summed E-state index contributed by atoms with van der Waals surface area (Å²) in [5.41, 5.74) is 0.804. The molecule has 3 aliphatic rings. The zero-order valence-corrected chi connectivity index (χ0v) is 19.0. The Hall–Kier alpha value is -1.64. The van der Waals surface area contributed by atoms with E-state index in [1.54, 1.807) is 12.2 Å². The number of allylic oxidation sites excluding steroid dienone is 2. The van der Waals surface area contributed by atoms with E-state index < -0.39 is 11.6 Å². The fourth-order valence-electron chi connectivity index (χ4n) is 6.71. The van der Waals surface area contributed by atoms with E-state index in [1.165, 1.54) is 63.5 Å². The van der Waals surface area contributed by atoms with E-state index in [0.717, 1.165) is 48.0 Å². The van der Waals surface area contributed by atoms with Gasteiger partial charge in [-0.1, -0.05) is 18.2 Å². The molecule has 0 spiro atoms. The van der Waals surface area contributed by atoms with E-state index >= 15 is 0 Å². The van der Waals surface area contributed by atoms with E-state index in [4.69, 9.17) is 4.74 Å². The lowest BCUT2D eigenvalue weighted by Crippen LogP contribution is -2.34. The SMILES string of the molecule is C=CC1CCC2CC(C3CCC(c4cc(F)c(OC/C=C/C)c(F)c4)CC3)CCC2C1. The molecule has 0 heterocycles. The van der Waals surface area contributed by atoms with Gasteiger partial charge in [0.25, 0.3) is 0 Å². The average molecular weight is 429 g/mol. The summed E-state index contributed by atoms with van der Waals surface area (Å²) in [5, 5.41) is 0. The van der Waals surface area contributed by atoms with Crippen LogP contribution in [0.4, 0.5) is 8.78 Å². The Bertz CT molecular complexity index is 754. The van der Waals surface area contributed by atoms with Crippen molar-refractivity contribution in [1.82, 2.24) is 0 Å². The van der Waals surface area contributed by atoms with Crippen molar-refractivity contribution in [2.24, 2.45) is 29.6 Å². The van der Waals surface area contributed by atoms with Crippen LogP contribution in [0.5, 0.6) is 5.75 Å². The topological polar surface area (TPSA) is 9.23 Å². The molecular weight excluding hydrogens is 390 g/mol. The van der Waals surface area contributed by atoms with Crippen LogP contribution in [0.1, 0.15) is 82.6 Å². The monoisotopic (exact) mass is 428 g/mol. The van der Waals surface area contributed by atoms with Gasteiger partial charge < -0.3 is 4.74 Å². The largest absolute Gasteiger partial charge is 0.483 e. The predicted molar refractivity (Wildman–Crippen MR) is 123 cm³/mol. The molecule has 0 bridgehead atoms. The van der Waals surface area contributed by atoms with Gasteiger partial charge in [-0.2, -0.15) is 0 Å². The van der Waals surface area contributed by atoms with Crippen molar-refractivity contribution < 1.29 is 13.5 Å². The van der Waals surface area contributed by atoms with Gasteiger partial charge in [0.05, 0.1) is 0 Å². The van der Waals surface area contributed by atoms with Crippen LogP contribution in [0.15, 0.2) is 36.9 Å². The van der Waals surface area contributed by atoms with E-state index in [9.17, 15) is 8.78 Å². The number of fused-ring (bicyclic) bond motifs is 1. The molecule has 170 valence electrons. The van der Waals surface area contributed by atoms with Gasteiger partial charge in [0.15, 0.2) is 17.4 Å². The van der Waals surface area contributed by atoms with Gasteiger partial charge >= 0.3 is 0 Å². The van der Waals surface area contributed by atoms with Crippen LogP contribution < -0.4 is 4.74 Å². The zero-order chi connectivity index (χ0) is 21.8. The number of rotatable bonds is 6. The second-order valence-corrected chi connectivity index (χ2v) is 10.2. The maximum absolute atomic E-state index is 14.5. The summed E-state index contributed by atoms with van der Waals surface area (Å²) in [6.07, 6.45) is 18.5. The Labute approximate surface area is 187 Å². The third-order valence-electron chi connectivity index (χ3n) is 8.52. The molecule has 4 atom stereocenters. The van der Waals surface area contributed by atoms with Gasteiger partial charge in [0.1, 0.15) is 6.61 Å². The van der Waals surface area contributed by atoms with Crippen LogP contribution in [0.25, 0.3) is 0 Å². The van der Waals surface area contributed by atoms with Crippen molar-refractivity contribution >= 4 is 0 Å². The Morgan fingerprint density at radius 2 is 1.45 bits per heavy atom. The molecule has 0 radical (unpaired) electrons. The van der Waals surface area contributed by atoms with Crippen molar-refractivity contribution in [2.75, 3.05) is 6.61 Å². The first-order valence-electron chi connectivity index (χ1n) is 12.4. The van der Waals surface area contributed by atoms with E-state index in [0.29, 0.717) is 0 Å². The zero-order valence-electron chi connectivity index (χ0n) is 19.0. The Morgan fingerprint density at radius 1 is 0.871 bits per heavy atom. The standard InChI is InChI=1S/C28H38F2O/c1-3-5-14-31-28-26(29)17-25(18-27(28)30)21-10-8-20(9-11-21)23-13-12-22-15-19(4-2)6-7-24(22)16-23/h3-5,17-24H,2,6-16H2,1H3/b5-3+. The first-order valence-corrected chi connectivity index (χ1v) is 12.4. The van der Waals surface area contributed by atoms with Crippen LogP contribution in [0.3, 0.4) is 0 Å². The molecule has 0 aromatic heterocycles. The minimum Gasteiger partial charge on any atom is -0.483 e. The minimum atomic E-state index is -0.574. The Kier molecular flexibility index (Phi) is 7.51. The maximum atomic E-state index is 14.5. The summed E-state index contributed by atoms with van der Waals surface area (Å²) in [6.45, 7) is 6.06. The molecule has 4 rings (SSSR count). The van der Waals surface area contributed by atoms with E-state index in [2.05, 4.69) is 12.7 Å². The molecule has 0 N–H and O–H groups in total. The first-order chi connectivity index (χ1) is 15.1. The molecule has 4 unspecified atom stereocenters. The summed E-state index contributed by atoms with van der Waals surface area (Å²) in [4.78, 5) is 0. The van der Waals surface area contributed by atoms with Crippen molar-refractivity contribution in [3.8, 4) is 5.75 Å². The van der Waals surface area contributed by atoms with Crippen molar-refractivity contribution in [3.63, 3.8) is 0 Å². The molecule has 1 nitrogen and oxygen atoms in total. The van der Waals surface area contributed by atoms with E-state index in [1.807, 2.05) is 6.92 Å². The maximum Gasteiger partial charge on any atom is 0.191 e. The summed E-state index contributed by atoms with van der Waals surface area (Å²) < 4.78 is 34.2. The quantitative estimate of drug-likeness (QED) is 0.415. The smallest absolute Gasteiger partial charge is 0.191 e. The van der Waals surface area contributed by atoms with Gasteiger partial charge in [0, 0.05) is 0 Å². The van der Waals surface area contributed by atoms with Gasteiger partial charge in [-0.25, -0.2) is 8.78 Å². The number of ether oxygens (including phenoxy) is 1. The fourth-order valence-corrected chi connectivity index (χ4v) is 6.71. The highest BCUT2D eigenvalue weighted by Crippen LogP contribution is 2.50. The van der Waals surface area contributed by atoms with Crippen LogP contribution in [0, 0.1) is 41.2 Å². The Balaban J connectivity index is 1.31. The molecule has 3 aliphatic carbocycles. The highest BCUT2D eigenvalue weighted by atomic mass is 19.1. The number of hydrogen-bond donors (Lipinski definition) is 0. The van der Waals surface area contributed by atoms with Gasteiger partial charge in [-0.15, -0.1) is 6.58 Å². The summed E-state index contributed by atoms with van der Waals surface area (Å²) >= 11 is 0. The highest BCUT2D eigenvalue weighted by molar-refractivity contribution is 5.33. The molecule has 3 heteroatoms. The minimum absolute atomic E-state index is 0.187. The van der Waals surface area contributed by atoms with Crippen molar-refractivity contribution in [3.05, 3.63) is 54.1 Å². The van der Waals surface area contributed by atoms with Crippen molar-refractivity contribution in [2.45, 2.75) is 77.0 Å². The molecule has 0 amide bonds. The van der Waals surface area contributed by atoms with Crippen LogP contribution in [-0.4, -0.2) is 6.61 Å². The van der Waals surface area contributed by atoms with E-state index in [-0.39, 0.29) is 18.3 Å².